The number of amides is 2. The average molecular weight is 319 g/mol. The largest absolute Gasteiger partial charge is 0.335 e. The number of aromatic amines is 1. The first-order chi connectivity index (χ1) is 11.1. The number of H-pyrrole nitrogens is 1. The summed E-state index contributed by atoms with van der Waals surface area (Å²) in [5.74, 6) is 0. The summed E-state index contributed by atoms with van der Waals surface area (Å²) in [7, 11) is 0. The van der Waals surface area contributed by atoms with E-state index in [-0.39, 0.29) is 12.1 Å². The van der Waals surface area contributed by atoms with E-state index in [1.807, 2.05) is 18.7 Å². The Labute approximate surface area is 138 Å². The fraction of sp³-hybridized carbons (Fsp3) is 0.765. The summed E-state index contributed by atoms with van der Waals surface area (Å²) in [5.41, 5.74) is 3.31. The third-order valence-electron chi connectivity index (χ3n) is 5.39. The van der Waals surface area contributed by atoms with Crippen molar-refractivity contribution in [3.8, 4) is 0 Å². The molecule has 2 N–H and O–H groups in total. The number of urea groups is 1. The molecule has 6 heteroatoms. The van der Waals surface area contributed by atoms with Crippen LogP contribution in [0.1, 0.15) is 55.6 Å². The molecule has 0 spiro atoms. The Kier molecular flexibility index (Phi) is 4.90. The van der Waals surface area contributed by atoms with Gasteiger partial charge in [0, 0.05) is 36.9 Å². The molecule has 1 atom stereocenters. The maximum absolute atomic E-state index is 12.8. The highest BCUT2D eigenvalue weighted by Crippen LogP contribution is 2.34. The van der Waals surface area contributed by atoms with Crippen molar-refractivity contribution in [3.05, 3.63) is 17.0 Å². The van der Waals surface area contributed by atoms with Gasteiger partial charge in [-0.05, 0) is 46.1 Å². The molecule has 3 rings (SSSR count). The molecule has 2 fully saturated rings. The number of hydrogen-bond donors (Lipinski definition) is 2. The van der Waals surface area contributed by atoms with E-state index < -0.39 is 0 Å². The van der Waals surface area contributed by atoms with Crippen LogP contribution >= 0.6 is 0 Å². The molecular formula is C17H29N5O. The lowest BCUT2D eigenvalue weighted by Crippen LogP contribution is -2.49. The van der Waals surface area contributed by atoms with Gasteiger partial charge in [0.1, 0.15) is 0 Å². The second kappa shape index (κ2) is 6.91. The Balaban J connectivity index is 1.63. The van der Waals surface area contributed by atoms with Gasteiger partial charge in [-0.15, -0.1) is 0 Å². The van der Waals surface area contributed by atoms with Crippen molar-refractivity contribution < 1.29 is 4.79 Å². The van der Waals surface area contributed by atoms with Crippen LogP contribution in [-0.2, 0) is 0 Å². The number of nitrogens with zero attached hydrogens (tertiary/aromatic N) is 3. The Morgan fingerprint density at radius 1 is 1.26 bits per heavy atom. The van der Waals surface area contributed by atoms with Crippen molar-refractivity contribution in [1.82, 2.24) is 25.3 Å². The molecule has 2 saturated heterocycles. The average Bonchev–Trinajstić information content (AvgIpc) is 3.14. The molecule has 0 bridgehead atoms. The highest BCUT2D eigenvalue weighted by molar-refractivity contribution is 5.75. The van der Waals surface area contributed by atoms with Gasteiger partial charge < -0.3 is 15.1 Å². The Morgan fingerprint density at radius 2 is 2.00 bits per heavy atom. The minimum absolute atomic E-state index is 0.0995. The third kappa shape index (κ3) is 3.37. The minimum atomic E-state index is 0.0995. The molecular weight excluding hydrogens is 290 g/mol. The highest BCUT2D eigenvalue weighted by atomic mass is 16.2. The smallest absolute Gasteiger partial charge is 0.318 e. The molecule has 2 amide bonds. The Hall–Kier alpha value is -1.56. The Morgan fingerprint density at radius 3 is 2.61 bits per heavy atom. The van der Waals surface area contributed by atoms with Crippen LogP contribution in [0.2, 0.25) is 0 Å². The van der Waals surface area contributed by atoms with Gasteiger partial charge in [0.2, 0.25) is 0 Å². The van der Waals surface area contributed by atoms with Crippen molar-refractivity contribution >= 4 is 6.03 Å². The monoisotopic (exact) mass is 319 g/mol. The van der Waals surface area contributed by atoms with Crippen LogP contribution in [0.25, 0.3) is 0 Å². The van der Waals surface area contributed by atoms with E-state index in [1.54, 1.807) is 0 Å². The maximum atomic E-state index is 12.8. The molecule has 2 aliphatic heterocycles. The summed E-state index contributed by atoms with van der Waals surface area (Å²) in [6.07, 6.45) is 4.21. The molecule has 1 unspecified atom stereocenters. The third-order valence-corrected chi connectivity index (χ3v) is 5.39. The number of aryl methyl sites for hydroxylation is 2. The van der Waals surface area contributed by atoms with Gasteiger partial charge in [-0.3, -0.25) is 5.10 Å². The number of nitrogens with one attached hydrogen (secondary N) is 2. The van der Waals surface area contributed by atoms with Crippen LogP contribution in [0, 0.1) is 13.8 Å². The number of carbonyl (C=O) groups excluding carboxylic acids is 1. The topological polar surface area (TPSA) is 64.3 Å². The van der Waals surface area contributed by atoms with Gasteiger partial charge in [0.15, 0.2) is 0 Å². The van der Waals surface area contributed by atoms with Gasteiger partial charge in [-0.2, -0.15) is 5.10 Å². The summed E-state index contributed by atoms with van der Waals surface area (Å²) >= 11 is 0. The lowest BCUT2D eigenvalue weighted by Gasteiger charge is -2.33. The molecule has 3 heterocycles. The molecule has 0 saturated carbocycles. The molecule has 23 heavy (non-hydrogen) atoms. The predicted molar refractivity (Wildman–Crippen MR) is 90.4 cm³/mol. The molecule has 1 aromatic heterocycles. The second-order valence-corrected chi connectivity index (χ2v) is 6.86. The van der Waals surface area contributed by atoms with Crippen LogP contribution < -0.4 is 5.32 Å². The highest BCUT2D eigenvalue weighted by Gasteiger charge is 2.34. The second-order valence-electron chi connectivity index (χ2n) is 6.86. The fourth-order valence-corrected chi connectivity index (χ4v) is 4.01. The van der Waals surface area contributed by atoms with E-state index in [0.29, 0.717) is 6.04 Å². The molecule has 128 valence electrons. The summed E-state index contributed by atoms with van der Waals surface area (Å²) in [6.45, 7) is 10.4. The summed E-state index contributed by atoms with van der Waals surface area (Å²) < 4.78 is 0. The summed E-state index contributed by atoms with van der Waals surface area (Å²) in [6, 6.07) is 0.588. The molecule has 0 aliphatic carbocycles. The predicted octanol–water partition coefficient (Wildman–Crippen LogP) is 2.36. The molecule has 2 aliphatic rings. The summed E-state index contributed by atoms with van der Waals surface area (Å²) in [5, 5.41) is 10.6. The van der Waals surface area contributed by atoms with Crippen molar-refractivity contribution in [2.24, 2.45) is 0 Å². The fourth-order valence-electron chi connectivity index (χ4n) is 4.01. The molecule has 6 nitrogen and oxygen atoms in total. The number of carbonyl (C=O) groups is 1. The molecule has 0 aromatic carbocycles. The van der Waals surface area contributed by atoms with Crippen LogP contribution in [-0.4, -0.2) is 58.2 Å². The quantitative estimate of drug-likeness (QED) is 0.899. The molecule has 0 radical (unpaired) electrons. The van der Waals surface area contributed by atoms with E-state index >= 15 is 0 Å². The summed E-state index contributed by atoms with van der Waals surface area (Å²) in [4.78, 5) is 17.2. The van der Waals surface area contributed by atoms with Gasteiger partial charge in [0.05, 0.1) is 11.7 Å². The minimum Gasteiger partial charge on any atom is -0.335 e. The van der Waals surface area contributed by atoms with Crippen LogP contribution in [0.5, 0.6) is 0 Å². The normalized spacial score (nSPS) is 23.4. The zero-order valence-corrected chi connectivity index (χ0v) is 14.6. The standard InChI is InChI=1S/C17H29N5O/c1-4-21-10-7-14(8-11-21)18-17(23)22-9-5-6-15(22)16-12(2)19-20-13(16)3/h14-15H,4-11H2,1-3H3,(H,18,23)(H,19,20). The van der Waals surface area contributed by atoms with E-state index in [0.717, 1.165) is 63.3 Å². The van der Waals surface area contributed by atoms with Crippen LogP contribution in [0.3, 0.4) is 0 Å². The van der Waals surface area contributed by atoms with Gasteiger partial charge >= 0.3 is 6.03 Å². The number of piperidine rings is 1. The number of rotatable bonds is 3. The van der Waals surface area contributed by atoms with Crippen molar-refractivity contribution in [2.75, 3.05) is 26.2 Å². The van der Waals surface area contributed by atoms with Crippen LogP contribution in [0.4, 0.5) is 4.79 Å². The van der Waals surface area contributed by atoms with Gasteiger partial charge in [-0.25, -0.2) is 4.79 Å². The molecule has 1 aromatic rings. The van der Waals surface area contributed by atoms with Crippen molar-refractivity contribution in [1.29, 1.82) is 0 Å². The van der Waals surface area contributed by atoms with E-state index in [1.165, 1.54) is 5.56 Å². The zero-order valence-electron chi connectivity index (χ0n) is 14.6. The van der Waals surface area contributed by atoms with E-state index in [2.05, 4.69) is 27.3 Å². The zero-order chi connectivity index (χ0) is 16.4. The van der Waals surface area contributed by atoms with Crippen LogP contribution in [0.15, 0.2) is 0 Å². The van der Waals surface area contributed by atoms with E-state index in [4.69, 9.17) is 0 Å². The first-order valence-electron chi connectivity index (χ1n) is 8.91. The first kappa shape index (κ1) is 16.3. The SMILES string of the molecule is CCN1CCC(NC(=O)N2CCCC2c2c(C)n[nH]c2C)CC1. The van der Waals surface area contributed by atoms with Crippen molar-refractivity contribution in [2.45, 2.75) is 58.5 Å². The first-order valence-corrected chi connectivity index (χ1v) is 8.91. The van der Waals surface area contributed by atoms with Crippen molar-refractivity contribution in [3.63, 3.8) is 0 Å². The Bertz CT molecular complexity index is 528. The lowest BCUT2D eigenvalue weighted by atomic mass is 10.0. The number of hydrogen-bond acceptors (Lipinski definition) is 3. The van der Waals surface area contributed by atoms with Gasteiger partial charge in [0.25, 0.3) is 0 Å². The van der Waals surface area contributed by atoms with E-state index in [9.17, 15) is 4.79 Å². The lowest BCUT2D eigenvalue weighted by molar-refractivity contribution is 0.171. The number of aromatic nitrogens is 2. The maximum Gasteiger partial charge on any atom is 0.318 e. The number of likely N-dealkylation sites (tertiary alicyclic amines) is 2. The van der Waals surface area contributed by atoms with Gasteiger partial charge in [-0.1, -0.05) is 6.92 Å².